The van der Waals surface area contributed by atoms with Crippen molar-refractivity contribution in [1.29, 1.82) is 0 Å². The summed E-state index contributed by atoms with van der Waals surface area (Å²) in [5.74, 6) is -0.212. The van der Waals surface area contributed by atoms with E-state index in [1.807, 2.05) is 32.0 Å². The number of piperidine rings is 1. The zero-order chi connectivity index (χ0) is 15.4. The molecule has 0 saturated carbocycles. The van der Waals surface area contributed by atoms with Gasteiger partial charge in [-0.25, -0.2) is 0 Å². The van der Waals surface area contributed by atoms with Gasteiger partial charge in [0.1, 0.15) is 6.04 Å². The summed E-state index contributed by atoms with van der Waals surface area (Å²) in [6.45, 7) is 4.47. The third-order valence-electron chi connectivity index (χ3n) is 3.96. The molecule has 1 heterocycles. The first-order valence-corrected chi connectivity index (χ1v) is 7.78. The number of nitrogens with one attached hydrogen (secondary N) is 1. The molecule has 114 valence electrons. The maximum absolute atomic E-state index is 12.6. The van der Waals surface area contributed by atoms with E-state index in [-0.39, 0.29) is 17.7 Å². The number of para-hydroxylation sites is 1. The Labute approximate surface area is 130 Å². The van der Waals surface area contributed by atoms with Gasteiger partial charge in [0, 0.05) is 12.5 Å². The van der Waals surface area contributed by atoms with E-state index in [9.17, 15) is 9.59 Å². The Morgan fingerprint density at radius 2 is 2.19 bits per heavy atom. The first-order valence-electron chi connectivity index (χ1n) is 7.41. The van der Waals surface area contributed by atoms with Crippen LogP contribution in [0.25, 0.3) is 0 Å². The number of amides is 2. The summed E-state index contributed by atoms with van der Waals surface area (Å²) in [6.07, 6.45) is 2.30. The van der Waals surface area contributed by atoms with E-state index < -0.39 is 6.04 Å². The summed E-state index contributed by atoms with van der Waals surface area (Å²) in [5.41, 5.74) is 0.714. The number of rotatable bonds is 4. The van der Waals surface area contributed by atoms with Crippen molar-refractivity contribution in [2.45, 2.75) is 39.2 Å². The molecule has 1 saturated heterocycles. The molecule has 1 aromatic carbocycles. The van der Waals surface area contributed by atoms with Crippen molar-refractivity contribution in [2.24, 2.45) is 5.92 Å². The summed E-state index contributed by atoms with van der Waals surface area (Å²) in [5, 5.41) is 3.42. The van der Waals surface area contributed by atoms with E-state index in [0.717, 1.165) is 12.8 Å². The van der Waals surface area contributed by atoms with Crippen LogP contribution in [0.1, 0.15) is 33.1 Å². The Bertz CT molecular complexity index is 533. The Morgan fingerprint density at radius 1 is 1.48 bits per heavy atom. The minimum absolute atomic E-state index is 0.0585. The van der Waals surface area contributed by atoms with E-state index in [2.05, 4.69) is 5.32 Å². The average molecular weight is 309 g/mol. The highest BCUT2D eigenvalue weighted by Crippen LogP contribution is 2.28. The van der Waals surface area contributed by atoms with Crippen LogP contribution in [-0.4, -0.2) is 24.4 Å². The van der Waals surface area contributed by atoms with Crippen LogP contribution in [0.4, 0.5) is 5.69 Å². The van der Waals surface area contributed by atoms with Crippen molar-refractivity contribution >= 4 is 29.1 Å². The molecule has 4 nitrogen and oxygen atoms in total. The van der Waals surface area contributed by atoms with E-state index in [1.165, 1.54) is 0 Å². The first kappa shape index (κ1) is 15.8. The number of halogens is 1. The van der Waals surface area contributed by atoms with Crippen molar-refractivity contribution < 1.29 is 9.59 Å². The summed E-state index contributed by atoms with van der Waals surface area (Å²) < 4.78 is 0. The van der Waals surface area contributed by atoms with Gasteiger partial charge in [-0.3, -0.25) is 9.59 Å². The van der Waals surface area contributed by atoms with Crippen molar-refractivity contribution in [3.8, 4) is 0 Å². The van der Waals surface area contributed by atoms with Gasteiger partial charge in [-0.15, -0.1) is 0 Å². The largest absolute Gasteiger partial charge is 0.344 e. The van der Waals surface area contributed by atoms with Crippen molar-refractivity contribution in [3.05, 3.63) is 29.3 Å². The third-order valence-corrected chi connectivity index (χ3v) is 4.28. The van der Waals surface area contributed by atoms with E-state index in [0.29, 0.717) is 23.7 Å². The predicted octanol–water partition coefficient (Wildman–Crippen LogP) is 3.00. The molecule has 21 heavy (non-hydrogen) atoms. The number of nitrogens with zero attached hydrogens (tertiary/aromatic N) is 1. The fourth-order valence-electron chi connectivity index (χ4n) is 2.42. The van der Waals surface area contributed by atoms with Crippen LogP contribution in [0.2, 0.25) is 5.02 Å². The number of benzene rings is 1. The topological polar surface area (TPSA) is 49.4 Å². The zero-order valence-corrected chi connectivity index (χ0v) is 13.2. The average Bonchev–Trinajstić information content (AvgIpc) is 2.49. The molecule has 1 aliphatic heterocycles. The fraction of sp³-hybridized carbons (Fsp3) is 0.500. The lowest BCUT2D eigenvalue weighted by molar-refractivity contribution is -0.130. The van der Waals surface area contributed by atoms with Crippen LogP contribution in [-0.2, 0) is 9.59 Å². The summed E-state index contributed by atoms with van der Waals surface area (Å²) >= 11 is 6.17. The van der Waals surface area contributed by atoms with Gasteiger partial charge in [0.25, 0.3) is 0 Å². The van der Waals surface area contributed by atoms with Gasteiger partial charge in [0.15, 0.2) is 0 Å². The van der Waals surface area contributed by atoms with Crippen LogP contribution in [0.15, 0.2) is 24.3 Å². The molecule has 0 aliphatic carbocycles. The zero-order valence-electron chi connectivity index (χ0n) is 12.4. The van der Waals surface area contributed by atoms with Gasteiger partial charge in [-0.05, 0) is 31.4 Å². The number of anilines is 1. The van der Waals surface area contributed by atoms with Crippen LogP contribution >= 0.6 is 11.6 Å². The van der Waals surface area contributed by atoms with Gasteiger partial charge >= 0.3 is 0 Å². The van der Waals surface area contributed by atoms with Crippen molar-refractivity contribution in [3.63, 3.8) is 0 Å². The lowest BCUT2D eigenvalue weighted by Gasteiger charge is -2.33. The molecular formula is C16H21ClN2O2. The van der Waals surface area contributed by atoms with Gasteiger partial charge in [0.05, 0.1) is 10.7 Å². The molecule has 0 radical (unpaired) electrons. The lowest BCUT2D eigenvalue weighted by atomic mass is 10.0. The molecule has 0 bridgehead atoms. The highest BCUT2D eigenvalue weighted by atomic mass is 35.5. The number of hydrogen-bond acceptors (Lipinski definition) is 2. The normalized spacial score (nSPS) is 20.2. The van der Waals surface area contributed by atoms with Crippen molar-refractivity contribution in [2.75, 3.05) is 11.4 Å². The molecule has 2 amide bonds. The standard InChI is InChI=1S/C16H21ClN2O2/c1-3-11(2)15(20)18-13-8-6-10-19(16(13)21)14-9-5-4-7-12(14)17/h4-5,7,9,11,13H,3,6,8,10H2,1-2H3,(H,18,20). The molecule has 1 aromatic rings. The van der Waals surface area contributed by atoms with E-state index in [1.54, 1.807) is 11.0 Å². The summed E-state index contributed by atoms with van der Waals surface area (Å²) in [4.78, 5) is 26.2. The second-order valence-electron chi connectivity index (χ2n) is 5.45. The van der Waals surface area contributed by atoms with Crippen molar-refractivity contribution in [1.82, 2.24) is 5.32 Å². The van der Waals surface area contributed by atoms with Crippen LogP contribution in [0.5, 0.6) is 0 Å². The Hall–Kier alpha value is -1.55. The molecule has 0 aromatic heterocycles. The Kier molecular flexibility index (Phi) is 5.23. The van der Waals surface area contributed by atoms with Gasteiger partial charge < -0.3 is 10.2 Å². The van der Waals surface area contributed by atoms with Crippen LogP contribution < -0.4 is 10.2 Å². The smallest absolute Gasteiger partial charge is 0.249 e. The Balaban J connectivity index is 2.12. The van der Waals surface area contributed by atoms with E-state index >= 15 is 0 Å². The number of carbonyl (C=O) groups excluding carboxylic acids is 2. The van der Waals surface area contributed by atoms with Gasteiger partial charge in [-0.2, -0.15) is 0 Å². The first-order chi connectivity index (χ1) is 10.0. The molecule has 1 aliphatic rings. The molecular weight excluding hydrogens is 288 g/mol. The molecule has 1 N–H and O–H groups in total. The highest BCUT2D eigenvalue weighted by Gasteiger charge is 2.32. The van der Waals surface area contributed by atoms with Crippen LogP contribution in [0, 0.1) is 5.92 Å². The second-order valence-corrected chi connectivity index (χ2v) is 5.86. The second kappa shape index (κ2) is 6.94. The molecule has 1 fully saturated rings. The highest BCUT2D eigenvalue weighted by molar-refractivity contribution is 6.33. The quantitative estimate of drug-likeness (QED) is 0.929. The van der Waals surface area contributed by atoms with Gasteiger partial charge in [0.2, 0.25) is 11.8 Å². The summed E-state index contributed by atoms with van der Waals surface area (Å²) in [6, 6.07) is 6.85. The minimum atomic E-state index is -0.448. The molecule has 2 atom stereocenters. The van der Waals surface area contributed by atoms with Gasteiger partial charge in [-0.1, -0.05) is 37.6 Å². The monoisotopic (exact) mass is 308 g/mol. The maximum atomic E-state index is 12.6. The molecule has 2 rings (SSSR count). The minimum Gasteiger partial charge on any atom is -0.344 e. The Morgan fingerprint density at radius 3 is 2.86 bits per heavy atom. The summed E-state index contributed by atoms with van der Waals surface area (Å²) in [7, 11) is 0. The third kappa shape index (κ3) is 3.56. The predicted molar refractivity (Wildman–Crippen MR) is 84.4 cm³/mol. The molecule has 2 unspecified atom stereocenters. The number of carbonyl (C=O) groups is 2. The molecule has 5 heteroatoms. The number of hydrogen-bond donors (Lipinski definition) is 1. The maximum Gasteiger partial charge on any atom is 0.249 e. The van der Waals surface area contributed by atoms with E-state index in [4.69, 9.17) is 11.6 Å². The lowest BCUT2D eigenvalue weighted by Crippen LogP contribution is -2.53. The SMILES string of the molecule is CCC(C)C(=O)NC1CCCN(c2ccccc2Cl)C1=O. The molecule has 0 spiro atoms. The fourth-order valence-corrected chi connectivity index (χ4v) is 2.66. The van der Waals surface area contributed by atoms with Crippen LogP contribution in [0.3, 0.4) is 0 Å².